The third-order valence-electron chi connectivity index (χ3n) is 12.0. The molecule has 316 valence electrons. The second-order valence-corrected chi connectivity index (χ2v) is 17.4. The molecule has 0 aromatic rings. The van der Waals surface area contributed by atoms with Crippen LogP contribution in [0.3, 0.4) is 0 Å². The van der Waals surface area contributed by atoms with Crippen LogP contribution in [0.5, 0.6) is 0 Å². The summed E-state index contributed by atoms with van der Waals surface area (Å²) in [5.41, 5.74) is 0. The maximum Gasteiger partial charge on any atom is 0.305 e. The van der Waals surface area contributed by atoms with Crippen LogP contribution in [0.1, 0.15) is 291 Å². The van der Waals surface area contributed by atoms with Crippen LogP contribution in [0, 0.1) is 11.8 Å². The van der Waals surface area contributed by atoms with Crippen molar-refractivity contribution in [2.75, 3.05) is 6.61 Å². The van der Waals surface area contributed by atoms with Gasteiger partial charge in [-0.3, -0.25) is 4.79 Å². The zero-order valence-corrected chi connectivity index (χ0v) is 37.3. The van der Waals surface area contributed by atoms with E-state index in [1.165, 1.54) is 244 Å². The lowest BCUT2D eigenvalue weighted by molar-refractivity contribution is -0.145. The van der Waals surface area contributed by atoms with E-state index in [2.05, 4.69) is 39.8 Å². The first-order valence-electron chi connectivity index (χ1n) is 25.0. The van der Waals surface area contributed by atoms with Gasteiger partial charge in [0.25, 0.3) is 0 Å². The van der Waals surface area contributed by atoms with E-state index < -0.39 is 0 Å². The molecule has 0 bridgehead atoms. The Morgan fingerprint density at radius 3 is 1.08 bits per heavy atom. The van der Waals surface area contributed by atoms with Crippen molar-refractivity contribution in [3.05, 3.63) is 12.2 Å². The summed E-state index contributed by atoms with van der Waals surface area (Å²) in [4.78, 5) is 12.8. The van der Waals surface area contributed by atoms with E-state index in [9.17, 15) is 4.79 Å². The van der Waals surface area contributed by atoms with Gasteiger partial charge in [-0.1, -0.05) is 252 Å². The first-order valence-corrected chi connectivity index (χ1v) is 25.0. The summed E-state index contributed by atoms with van der Waals surface area (Å²) in [6.45, 7) is 9.90. The van der Waals surface area contributed by atoms with E-state index >= 15 is 0 Å². The van der Waals surface area contributed by atoms with E-state index in [-0.39, 0.29) is 5.97 Å². The third-order valence-corrected chi connectivity index (χ3v) is 12.0. The van der Waals surface area contributed by atoms with E-state index in [1.54, 1.807) is 0 Å². The fourth-order valence-corrected chi connectivity index (χ4v) is 8.23. The molecule has 53 heavy (non-hydrogen) atoms. The molecule has 0 N–H and O–H groups in total. The summed E-state index contributed by atoms with van der Waals surface area (Å²) in [5.74, 6) is 1.52. The van der Waals surface area contributed by atoms with Crippen molar-refractivity contribution >= 4 is 5.97 Å². The summed E-state index contributed by atoms with van der Waals surface area (Å²) in [5, 5.41) is 0. The minimum atomic E-state index is 0.0585. The van der Waals surface area contributed by atoms with Gasteiger partial charge < -0.3 is 4.74 Å². The molecule has 0 rings (SSSR count). The molecule has 2 heteroatoms. The van der Waals surface area contributed by atoms with E-state index in [0.29, 0.717) is 18.9 Å². The van der Waals surface area contributed by atoms with Crippen molar-refractivity contribution in [2.24, 2.45) is 11.8 Å². The Balaban J connectivity index is 4.51. The lowest BCUT2D eigenvalue weighted by Crippen LogP contribution is -2.15. The minimum absolute atomic E-state index is 0.0585. The fourth-order valence-electron chi connectivity index (χ4n) is 8.23. The van der Waals surface area contributed by atoms with Crippen molar-refractivity contribution in [3.63, 3.8) is 0 Å². The van der Waals surface area contributed by atoms with Crippen molar-refractivity contribution < 1.29 is 9.53 Å². The Morgan fingerprint density at radius 1 is 0.358 bits per heavy atom. The Kier molecular flexibility index (Phi) is 44.9. The molecule has 0 spiro atoms. The lowest BCUT2D eigenvalue weighted by Gasteiger charge is -2.20. The molecule has 0 heterocycles. The Hall–Kier alpha value is -0.790. The predicted molar refractivity (Wildman–Crippen MR) is 239 cm³/mol. The SMILES string of the molecule is CCCCCCCC/C=C\CCCCCCCC(=O)OCC(CCCCCCCCCC)CCCC(CCCCCCC)CCCCCCCCCC. The van der Waals surface area contributed by atoms with Gasteiger partial charge in [0.15, 0.2) is 0 Å². The highest BCUT2D eigenvalue weighted by Crippen LogP contribution is 2.27. The zero-order chi connectivity index (χ0) is 38.6. The van der Waals surface area contributed by atoms with Gasteiger partial charge in [-0.2, -0.15) is 0 Å². The second kappa shape index (κ2) is 45.6. The highest BCUT2D eigenvalue weighted by atomic mass is 16.5. The molecule has 0 saturated heterocycles. The molecule has 0 fully saturated rings. The Morgan fingerprint density at radius 2 is 0.660 bits per heavy atom. The monoisotopic (exact) mass is 745 g/mol. The van der Waals surface area contributed by atoms with Crippen molar-refractivity contribution in [1.82, 2.24) is 0 Å². The van der Waals surface area contributed by atoms with Crippen LogP contribution >= 0.6 is 0 Å². The Bertz CT molecular complexity index is 713. The molecule has 0 aliphatic carbocycles. The largest absolute Gasteiger partial charge is 0.465 e. The van der Waals surface area contributed by atoms with Crippen LogP contribution in [-0.4, -0.2) is 12.6 Å². The van der Waals surface area contributed by atoms with Gasteiger partial charge in [0.2, 0.25) is 0 Å². The van der Waals surface area contributed by atoms with Gasteiger partial charge in [0.1, 0.15) is 0 Å². The van der Waals surface area contributed by atoms with E-state index in [4.69, 9.17) is 4.74 Å². The summed E-state index contributed by atoms with van der Waals surface area (Å²) >= 11 is 0. The molecule has 0 aromatic heterocycles. The average molecular weight is 745 g/mol. The molecule has 2 unspecified atom stereocenters. The fraction of sp³-hybridized carbons (Fsp3) is 0.941. The summed E-state index contributed by atoms with van der Waals surface area (Å²) < 4.78 is 5.98. The average Bonchev–Trinajstić information content (AvgIpc) is 3.16. The van der Waals surface area contributed by atoms with Crippen LogP contribution in [-0.2, 0) is 9.53 Å². The smallest absolute Gasteiger partial charge is 0.305 e. The molecule has 2 atom stereocenters. The van der Waals surface area contributed by atoms with Gasteiger partial charge >= 0.3 is 5.97 Å². The number of carbonyl (C=O) groups is 1. The molecule has 0 radical (unpaired) electrons. The molecular weight excluding hydrogens is 645 g/mol. The molecule has 0 aliphatic rings. The van der Waals surface area contributed by atoms with Crippen LogP contribution in [0.25, 0.3) is 0 Å². The highest BCUT2D eigenvalue weighted by Gasteiger charge is 2.15. The number of esters is 1. The number of carbonyl (C=O) groups excluding carboxylic acids is 1. The first-order chi connectivity index (χ1) is 26.2. The van der Waals surface area contributed by atoms with Crippen LogP contribution < -0.4 is 0 Å². The third kappa shape index (κ3) is 42.2. The number of unbranched alkanes of at least 4 members (excludes halogenated alkanes) is 29. The van der Waals surface area contributed by atoms with Gasteiger partial charge in [-0.15, -0.1) is 0 Å². The predicted octanol–water partition coefficient (Wildman–Crippen LogP) is 18.4. The maximum absolute atomic E-state index is 12.8. The second-order valence-electron chi connectivity index (χ2n) is 17.4. The van der Waals surface area contributed by atoms with Crippen molar-refractivity contribution in [2.45, 2.75) is 291 Å². The molecule has 0 saturated carbocycles. The van der Waals surface area contributed by atoms with Crippen molar-refractivity contribution in [1.29, 1.82) is 0 Å². The van der Waals surface area contributed by atoms with Gasteiger partial charge in [-0.25, -0.2) is 0 Å². The van der Waals surface area contributed by atoms with E-state index in [1.807, 2.05) is 0 Å². The number of hydrogen-bond acceptors (Lipinski definition) is 2. The summed E-state index contributed by atoms with van der Waals surface area (Å²) in [6.07, 6.45) is 59.7. The number of allylic oxidation sites excluding steroid dienone is 2. The molecule has 0 aromatic carbocycles. The van der Waals surface area contributed by atoms with E-state index in [0.717, 1.165) is 18.8 Å². The number of rotatable bonds is 45. The molecule has 0 amide bonds. The Labute approximate surface area is 336 Å². The first kappa shape index (κ1) is 52.2. The van der Waals surface area contributed by atoms with Crippen LogP contribution in [0.2, 0.25) is 0 Å². The highest BCUT2D eigenvalue weighted by molar-refractivity contribution is 5.69. The standard InChI is InChI=1S/C51H100O2/c1-5-9-13-17-20-23-24-25-26-27-28-29-32-36-40-47-51(52)53-48-50(44-39-35-31-22-19-15-11-7-3)46-41-45-49(42-37-33-16-12-8-4)43-38-34-30-21-18-14-10-6-2/h25-26,49-50H,5-24,27-48H2,1-4H3/b26-25-. The topological polar surface area (TPSA) is 26.3 Å². The van der Waals surface area contributed by atoms with Crippen LogP contribution in [0.15, 0.2) is 12.2 Å². The number of hydrogen-bond donors (Lipinski definition) is 0. The summed E-state index contributed by atoms with van der Waals surface area (Å²) in [6, 6.07) is 0. The molecular formula is C51H100O2. The normalized spacial score (nSPS) is 12.9. The lowest BCUT2D eigenvalue weighted by atomic mass is 9.87. The minimum Gasteiger partial charge on any atom is -0.465 e. The van der Waals surface area contributed by atoms with Gasteiger partial charge in [0.05, 0.1) is 6.61 Å². The maximum atomic E-state index is 12.8. The molecule has 2 nitrogen and oxygen atoms in total. The molecule has 0 aliphatic heterocycles. The van der Waals surface area contributed by atoms with Crippen LogP contribution in [0.4, 0.5) is 0 Å². The quantitative estimate of drug-likeness (QED) is 0.0353. The van der Waals surface area contributed by atoms with Gasteiger partial charge in [-0.05, 0) is 56.8 Å². The van der Waals surface area contributed by atoms with Crippen molar-refractivity contribution in [3.8, 4) is 0 Å². The zero-order valence-electron chi connectivity index (χ0n) is 37.3. The van der Waals surface area contributed by atoms with Gasteiger partial charge in [0, 0.05) is 6.42 Å². The number of ether oxygens (including phenoxy) is 1. The summed E-state index contributed by atoms with van der Waals surface area (Å²) in [7, 11) is 0.